The van der Waals surface area contributed by atoms with Gasteiger partial charge in [-0.25, -0.2) is 10.0 Å². The molecule has 9 atom stereocenters. The fourth-order valence-corrected chi connectivity index (χ4v) is 9.42. The molecule has 6 N–H and O–H groups in total. The monoisotopic (exact) mass is 686 g/mol. The van der Waals surface area contributed by atoms with Gasteiger partial charge >= 0.3 is 11.9 Å². The number of Topliss-reactive ketones (excluding diaryl/α,β-unsaturated/α-hetero) is 1. The molecule has 0 aliphatic heterocycles. The summed E-state index contributed by atoms with van der Waals surface area (Å²) in [7, 11) is 1.12. The van der Waals surface area contributed by atoms with E-state index in [9.17, 15) is 49.7 Å². The minimum atomic E-state index is -1.82. The third-order valence-electron chi connectivity index (χ3n) is 12.0. The van der Waals surface area contributed by atoms with E-state index in [4.69, 9.17) is 9.47 Å². The van der Waals surface area contributed by atoms with Crippen molar-refractivity contribution in [1.29, 1.82) is 0 Å². The lowest BCUT2D eigenvalue weighted by Crippen LogP contribution is -2.99. The third kappa shape index (κ3) is 6.76. The van der Waals surface area contributed by atoms with Gasteiger partial charge in [-0.2, -0.15) is 5.23 Å². The van der Waals surface area contributed by atoms with Gasteiger partial charge in [0.2, 0.25) is 17.4 Å². The SMILES string of the molecule is COC(=O)[C@H](Cc1ccc(O)c([NH+]([O-])O)c1)NC(=O)CCC(=O)OCC(=O)[C@@]1(O)CC[C@H]2[C@H]3CCC4=CC(=O)CC[C@]4(C)[C@H]3[C@@H](O)C[C@]21C. The lowest BCUT2D eigenvalue weighted by atomic mass is 9.45. The molecule has 0 saturated heterocycles. The summed E-state index contributed by atoms with van der Waals surface area (Å²) in [6.07, 6.45) is 3.57. The van der Waals surface area contributed by atoms with E-state index >= 15 is 0 Å². The summed E-state index contributed by atoms with van der Waals surface area (Å²) < 4.78 is 9.95. The van der Waals surface area contributed by atoms with Gasteiger partial charge in [0.25, 0.3) is 0 Å². The van der Waals surface area contributed by atoms with Crippen LogP contribution in [0.1, 0.15) is 77.2 Å². The van der Waals surface area contributed by atoms with Crippen LogP contribution in [0.4, 0.5) is 5.69 Å². The quantitative estimate of drug-likeness (QED) is 0.109. The van der Waals surface area contributed by atoms with Crippen molar-refractivity contribution in [3.05, 3.63) is 40.6 Å². The number of amides is 1. The second-order valence-corrected chi connectivity index (χ2v) is 14.6. The zero-order valence-corrected chi connectivity index (χ0v) is 28.0. The first-order valence-corrected chi connectivity index (χ1v) is 16.8. The number of hydrogen-bond acceptors (Lipinski definition) is 12. The van der Waals surface area contributed by atoms with Crippen LogP contribution in [0.5, 0.6) is 5.75 Å². The summed E-state index contributed by atoms with van der Waals surface area (Å²) in [5.41, 5.74) is -2.03. The van der Waals surface area contributed by atoms with Crippen LogP contribution in [0.25, 0.3) is 0 Å². The number of benzene rings is 1. The molecule has 3 saturated carbocycles. The highest BCUT2D eigenvalue weighted by atomic mass is 16.8. The van der Waals surface area contributed by atoms with Gasteiger partial charge in [-0.15, -0.1) is 0 Å². The second-order valence-electron chi connectivity index (χ2n) is 14.6. The minimum absolute atomic E-state index is 0.0368. The molecule has 0 bridgehead atoms. The summed E-state index contributed by atoms with van der Waals surface area (Å²) in [4.78, 5) is 63.3. The molecule has 1 aromatic carbocycles. The number of nitrogens with one attached hydrogen (secondary N) is 2. The van der Waals surface area contributed by atoms with E-state index in [1.54, 1.807) is 6.08 Å². The first-order chi connectivity index (χ1) is 23.0. The fourth-order valence-electron chi connectivity index (χ4n) is 9.42. The molecule has 14 nitrogen and oxygen atoms in total. The van der Waals surface area contributed by atoms with Gasteiger partial charge in [0.05, 0.1) is 19.6 Å². The number of aliphatic hydroxyl groups is 2. The van der Waals surface area contributed by atoms with Crippen LogP contribution in [0.3, 0.4) is 0 Å². The standard InChI is InChI=1S/C35H46N2O12/c1-33-12-10-21(38)16-20(33)5-6-22-23-11-13-35(45,34(23,2)17-27(40)31(22)33)28(41)18-49-30(43)9-8-29(42)36-24(32(44)48-3)14-19-4-7-26(39)25(15-19)37(46)47/h4,7,15-16,22-24,27,31,37,39-40,45-46H,5-6,8-14,17-18H2,1-3H3,(H,36,42)/t22-,23+,24+,27+,31-,33+,34-,35+/m1/s1. The van der Waals surface area contributed by atoms with Crippen molar-refractivity contribution in [2.24, 2.45) is 28.6 Å². The van der Waals surface area contributed by atoms with Gasteiger partial charge in [0.15, 0.2) is 18.1 Å². The number of ether oxygens (including phenoxy) is 2. The van der Waals surface area contributed by atoms with Crippen molar-refractivity contribution in [2.75, 3.05) is 13.7 Å². The molecule has 1 aromatic rings. The third-order valence-corrected chi connectivity index (χ3v) is 12.0. The van der Waals surface area contributed by atoms with Gasteiger partial charge in [-0.05, 0) is 79.4 Å². The van der Waals surface area contributed by atoms with Crippen LogP contribution in [-0.2, 0) is 39.9 Å². The molecule has 0 spiro atoms. The maximum absolute atomic E-state index is 13.5. The molecule has 4 aliphatic rings. The average Bonchev–Trinajstić information content (AvgIpc) is 3.33. The summed E-state index contributed by atoms with van der Waals surface area (Å²) >= 11 is 0. The summed E-state index contributed by atoms with van der Waals surface area (Å²) in [6.45, 7) is 3.26. The summed E-state index contributed by atoms with van der Waals surface area (Å²) in [5.74, 6) is -3.43. The van der Waals surface area contributed by atoms with E-state index in [0.29, 0.717) is 24.8 Å². The molecule has 3 fully saturated rings. The highest BCUT2D eigenvalue weighted by Gasteiger charge is 2.68. The first-order valence-electron chi connectivity index (χ1n) is 16.8. The molecule has 14 heteroatoms. The Morgan fingerprint density at radius 2 is 1.86 bits per heavy atom. The van der Waals surface area contributed by atoms with Gasteiger partial charge < -0.3 is 35.3 Å². The van der Waals surface area contributed by atoms with E-state index in [1.165, 1.54) is 12.1 Å². The number of phenols is 1. The lowest BCUT2D eigenvalue weighted by Gasteiger charge is -2.60. The number of carbonyl (C=O) groups excluding carboxylic acids is 5. The van der Waals surface area contributed by atoms with Gasteiger partial charge in [-0.3, -0.25) is 19.2 Å². The van der Waals surface area contributed by atoms with Gasteiger partial charge in [0, 0.05) is 30.7 Å². The largest absolute Gasteiger partial charge is 0.595 e. The highest BCUT2D eigenvalue weighted by Crippen LogP contribution is 2.67. The van der Waals surface area contributed by atoms with Gasteiger partial charge in [-0.1, -0.05) is 25.5 Å². The Kier molecular flexibility index (Phi) is 10.4. The van der Waals surface area contributed by atoms with Gasteiger partial charge in [0.1, 0.15) is 11.6 Å². The van der Waals surface area contributed by atoms with Crippen molar-refractivity contribution in [3.8, 4) is 5.75 Å². The number of quaternary nitrogens is 1. The maximum Gasteiger partial charge on any atom is 0.328 e. The highest BCUT2D eigenvalue weighted by molar-refractivity contribution is 5.92. The smallest absolute Gasteiger partial charge is 0.328 e. The van der Waals surface area contributed by atoms with Crippen molar-refractivity contribution < 1.29 is 59.2 Å². The predicted octanol–water partition coefficient (Wildman–Crippen LogP) is 1.12. The van der Waals surface area contributed by atoms with Crippen LogP contribution in [0.15, 0.2) is 29.8 Å². The Hall–Kier alpha value is -3.69. The Labute approximate surface area is 284 Å². The molecule has 4 aliphatic carbocycles. The number of fused-ring (bicyclic) bond motifs is 5. The number of esters is 2. The Bertz CT molecular complexity index is 1540. The number of methoxy groups -OCH3 is 1. The molecule has 5 rings (SSSR count). The topological polar surface area (TPSA) is 224 Å². The van der Waals surface area contributed by atoms with Crippen molar-refractivity contribution in [3.63, 3.8) is 0 Å². The number of ketones is 2. The normalized spacial score (nSPS) is 33.2. The number of allylic oxidation sites excluding steroid dienone is 1. The molecule has 49 heavy (non-hydrogen) atoms. The minimum Gasteiger partial charge on any atom is -0.595 e. The number of aromatic hydroxyl groups is 1. The molecule has 1 unspecified atom stereocenters. The zero-order valence-electron chi connectivity index (χ0n) is 28.0. The molecule has 0 heterocycles. The maximum atomic E-state index is 13.5. The van der Waals surface area contributed by atoms with Crippen molar-refractivity contribution in [2.45, 2.75) is 95.8 Å². The average molecular weight is 687 g/mol. The molecule has 1 amide bonds. The van der Waals surface area contributed by atoms with Crippen molar-refractivity contribution >= 4 is 35.1 Å². The first kappa shape index (κ1) is 36.6. The van der Waals surface area contributed by atoms with Crippen molar-refractivity contribution in [1.82, 2.24) is 5.32 Å². The summed E-state index contributed by atoms with van der Waals surface area (Å²) in [5, 5.41) is 54.9. The Balaban J connectivity index is 1.16. The van der Waals surface area contributed by atoms with E-state index in [-0.39, 0.29) is 53.9 Å². The van der Waals surface area contributed by atoms with E-state index in [1.807, 2.05) is 6.92 Å². The number of hydrogen-bond donors (Lipinski definition) is 6. The zero-order chi connectivity index (χ0) is 35.9. The lowest BCUT2D eigenvalue weighted by molar-refractivity contribution is -0.991. The molecule has 0 aromatic heterocycles. The van der Waals surface area contributed by atoms with E-state index in [0.717, 1.165) is 31.6 Å². The second kappa shape index (κ2) is 13.9. The van der Waals surface area contributed by atoms with Crippen LogP contribution >= 0.6 is 0 Å². The van der Waals surface area contributed by atoms with Crippen LogP contribution in [-0.4, -0.2) is 81.4 Å². The predicted molar refractivity (Wildman–Crippen MR) is 170 cm³/mol. The fraction of sp³-hybridized carbons (Fsp3) is 0.629. The van der Waals surface area contributed by atoms with Crippen LogP contribution in [0.2, 0.25) is 0 Å². The number of aliphatic hydroxyl groups excluding tert-OH is 1. The molecule has 0 radical (unpaired) electrons. The Morgan fingerprint density at radius 1 is 1.12 bits per heavy atom. The van der Waals surface area contributed by atoms with Crippen LogP contribution in [0, 0.1) is 33.8 Å². The number of carbonyl (C=O) groups is 5. The van der Waals surface area contributed by atoms with E-state index in [2.05, 4.69) is 12.2 Å². The Morgan fingerprint density at radius 3 is 2.55 bits per heavy atom. The van der Waals surface area contributed by atoms with Crippen LogP contribution < -0.4 is 10.5 Å². The molecule has 268 valence electrons. The number of rotatable bonds is 11. The molecular weight excluding hydrogens is 640 g/mol. The summed E-state index contributed by atoms with van der Waals surface area (Å²) in [6, 6.07) is 2.51. The number of phenolic OH excluding ortho intramolecular Hbond substituents is 1. The van der Waals surface area contributed by atoms with E-state index < -0.39 is 77.2 Å². The molecular formula is C35H46N2O12.